The Labute approximate surface area is 149 Å². The van der Waals surface area contributed by atoms with Crippen LogP contribution in [0, 0.1) is 5.82 Å². The molecule has 4 aromatic rings. The quantitative estimate of drug-likeness (QED) is 0.558. The van der Waals surface area contributed by atoms with Gasteiger partial charge >= 0.3 is 0 Å². The summed E-state index contributed by atoms with van der Waals surface area (Å²) in [5.41, 5.74) is 4.04. The van der Waals surface area contributed by atoms with Crippen molar-refractivity contribution >= 4 is 16.9 Å². The summed E-state index contributed by atoms with van der Waals surface area (Å²) in [5, 5.41) is 5.30. The summed E-state index contributed by atoms with van der Waals surface area (Å²) in [4.78, 5) is 11.2. The van der Waals surface area contributed by atoms with Gasteiger partial charge in [0.25, 0.3) is 0 Å². The minimum absolute atomic E-state index is 0.298. The summed E-state index contributed by atoms with van der Waals surface area (Å²) in [5.74, 6) is 0.570. The van der Waals surface area contributed by atoms with Crippen molar-refractivity contribution < 1.29 is 4.39 Å². The van der Waals surface area contributed by atoms with Gasteiger partial charge in [0.2, 0.25) is 0 Å². The van der Waals surface area contributed by atoms with E-state index in [9.17, 15) is 4.39 Å². The van der Waals surface area contributed by atoms with Crippen LogP contribution in [0.4, 0.5) is 10.2 Å². The number of hydrogen-bond acceptors (Lipinski definition) is 4. The summed E-state index contributed by atoms with van der Waals surface area (Å²) in [6, 6.07) is 14.9. The highest BCUT2D eigenvalue weighted by Crippen LogP contribution is 2.29. The molecule has 3 heterocycles. The SMILES string of the molecule is Fc1cccc(-n2ncc3c(N4CCc5ccccc5C4)ncnc32)c1. The summed E-state index contributed by atoms with van der Waals surface area (Å²) in [7, 11) is 0. The average molecular weight is 345 g/mol. The molecule has 0 saturated carbocycles. The highest BCUT2D eigenvalue weighted by Gasteiger charge is 2.21. The lowest BCUT2D eigenvalue weighted by molar-refractivity contribution is 0.625. The summed E-state index contributed by atoms with van der Waals surface area (Å²) < 4.78 is 15.2. The molecule has 0 radical (unpaired) electrons. The summed E-state index contributed by atoms with van der Waals surface area (Å²) in [6.45, 7) is 1.71. The molecule has 0 fully saturated rings. The third-order valence-corrected chi connectivity index (χ3v) is 4.83. The maximum absolute atomic E-state index is 13.6. The number of nitrogens with zero attached hydrogens (tertiary/aromatic N) is 5. The van der Waals surface area contributed by atoms with Gasteiger partial charge in [0.15, 0.2) is 5.65 Å². The zero-order valence-corrected chi connectivity index (χ0v) is 14.0. The molecule has 0 amide bonds. The van der Waals surface area contributed by atoms with E-state index < -0.39 is 0 Å². The van der Waals surface area contributed by atoms with Crippen molar-refractivity contribution in [1.82, 2.24) is 19.7 Å². The first kappa shape index (κ1) is 15.0. The van der Waals surface area contributed by atoms with Gasteiger partial charge in [0, 0.05) is 13.1 Å². The van der Waals surface area contributed by atoms with E-state index in [1.54, 1.807) is 23.3 Å². The molecule has 6 heteroatoms. The van der Waals surface area contributed by atoms with Crippen molar-refractivity contribution in [1.29, 1.82) is 0 Å². The topological polar surface area (TPSA) is 46.8 Å². The number of aromatic nitrogens is 4. The molecule has 0 bridgehead atoms. The zero-order valence-electron chi connectivity index (χ0n) is 14.0. The molecule has 0 saturated heterocycles. The van der Waals surface area contributed by atoms with Crippen LogP contribution in [0.25, 0.3) is 16.7 Å². The second kappa shape index (κ2) is 5.91. The summed E-state index contributed by atoms with van der Waals surface area (Å²) in [6.07, 6.45) is 4.30. The molecule has 26 heavy (non-hydrogen) atoms. The summed E-state index contributed by atoms with van der Waals surface area (Å²) >= 11 is 0. The number of rotatable bonds is 2. The molecule has 0 N–H and O–H groups in total. The molecule has 0 spiro atoms. The molecule has 1 aliphatic rings. The molecule has 2 aromatic carbocycles. The van der Waals surface area contributed by atoms with E-state index in [0.29, 0.717) is 11.3 Å². The molecule has 0 aliphatic carbocycles. The normalized spacial score (nSPS) is 13.8. The predicted molar refractivity (Wildman–Crippen MR) is 97.8 cm³/mol. The minimum atomic E-state index is -0.298. The molecular weight excluding hydrogens is 329 g/mol. The van der Waals surface area contributed by atoms with Gasteiger partial charge in [0.1, 0.15) is 18.0 Å². The molecule has 2 aromatic heterocycles. The van der Waals surface area contributed by atoms with Crippen LogP contribution < -0.4 is 4.90 Å². The van der Waals surface area contributed by atoms with Crippen LogP contribution in [0.15, 0.2) is 61.1 Å². The highest BCUT2D eigenvalue weighted by molar-refractivity contribution is 5.87. The third-order valence-electron chi connectivity index (χ3n) is 4.83. The van der Waals surface area contributed by atoms with E-state index in [1.165, 1.54) is 23.3 Å². The van der Waals surface area contributed by atoms with E-state index in [2.05, 4.69) is 44.2 Å². The maximum atomic E-state index is 13.6. The molecule has 5 nitrogen and oxygen atoms in total. The second-order valence-electron chi connectivity index (χ2n) is 6.41. The lowest BCUT2D eigenvalue weighted by Gasteiger charge is -2.29. The van der Waals surface area contributed by atoms with E-state index in [4.69, 9.17) is 0 Å². The van der Waals surface area contributed by atoms with Gasteiger partial charge in [-0.3, -0.25) is 0 Å². The third kappa shape index (κ3) is 2.42. The number of hydrogen-bond donors (Lipinski definition) is 0. The van der Waals surface area contributed by atoms with Gasteiger partial charge in [0.05, 0.1) is 17.3 Å². The van der Waals surface area contributed by atoms with E-state index in [1.807, 2.05) is 6.07 Å². The Balaban J connectivity index is 1.58. The fourth-order valence-corrected chi connectivity index (χ4v) is 3.56. The maximum Gasteiger partial charge on any atom is 0.168 e. The van der Waals surface area contributed by atoms with Gasteiger partial charge in [-0.15, -0.1) is 0 Å². The van der Waals surface area contributed by atoms with Gasteiger partial charge in [-0.2, -0.15) is 5.10 Å². The second-order valence-corrected chi connectivity index (χ2v) is 6.41. The van der Waals surface area contributed by atoms with E-state index in [0.717, 1.165) is 30.7 Å². The fraction of sp³-hybridized carbons (Fsp3) is 0.150. The van der Waals surface area contributed by atoms with E-state index in [-0.39, 0.29) is 5.82 Å². The Bertz CT molecular complexity index is 1100. The van der Waals surface area contributed by atoms with Crippen LogP contribution >= 0.6 is 0 Å². The Morgan fingerprint density at radius 3 is 2.73 bits per heavy atom. The van der Waals surface area contributed by atoms with Gasteiger partial charge in [-0.05, 0) is 35.7 Å². The molecule has 1 aliphatic heterocycles. The van der Waals surface area contributed by atoms with Crippen molar-refractivity contribution in [2.45, 2.75) is 13.0 Å². The molecular formula is C20H16FN5. The number of halogens is 1. The number of fused-ring (bicyclic) bond motifs is 2. The van der Waals surface area contributed by atoms with Crippen LogP contribution in [0.1, 0.15) is 11.1 Å². The van der Waals surface area contributed by atoms with Crippen LogP contribution in [0.2, 0.25) is 0 Å². The first-order valence-corrected chi connectivity index (χ1v) is 8.56. The molecule has 0 atom stereocenters. The Morgan fingerprint density at radius 1 is 0.962 bits per heavy atom. The zero-order chi connectivity index (χ0) is 17.5. The smallest absolute Gasteiger partial charge is 0.168 e. The van der Waals surface area contributed by atoms with Gasteiger partial charge in [-0.25, -0.2) is 19.0 Å². The Hall–Kier alpha value is -3.28. The van der Waals surface area contributed by atoms with Crippen molar-refractivity contribution in [3.63, 3.8) is 0 Å². The lowest BCUT2D eigenvalue weighted by atomic mass is 10.00. The monoisotopic (exact) mass is 345 g/mol. The highest BCUT2D eigenvalue weighted by atomic mass is 19.1. The van der Waals surface area contributed by atoms with Crippen LogP contribution in [0.5, 0.6) is 0 Å². The predicted octanol–water partition coefficient (Wildman–Crippen LogP) is 3.52. The van der Waals surface area contributed by atoms with E-state index >= 15 is 0 Å². The first-order valence-electron chi connectivity index (χ1n) is 8.56. The van der Waals surface area contributed by atoms with Gasteiger partial charge in [-0.1, -0.05) is 30.3 Å². The minimum Gasteiger partial charge on any atom is -0.351 e. The number of anilines is 1. The van der Waals surface area contributed by atoms with Crippen molar-refractivity contribution in [3.8, 4) is 5.69 Å². The first-order chi connectivity index (χ1) is 12.8. The van der Waals surface area contributed by atoms with Gasteiger partial charge < -0.3 is 4.90 Å². The lowest BCUT2D eigenvalue weighted by Crippen LogP contribution is -2.31. The Kier molecular flexibility index (Phi) is 3.41. The molecule has 5 rings (SSSR count). The number of benzene rings is 2. The van der Waals surface area contributed by atoms with Crippen LogP contribution in [-0.4, -0.2) is 26.3 Å². The molecule has 0 unspecified atom stereocenters. The Morgan fingerprint density at radius 2 is 1.85 bits per heavy atom. The van der Waals surface area contributed by atoms with Crippen LogP contribution in [-0.2, 0) is 13.0 Å². The van der Waals surface area contributed by atoms with Crippen molar-refractivity contribution in [2.75, 3.05) is 11.4 Å². The largest absolute Gasteiger partial charge is 0.351 e. The standard InChI is InChI=1S/C20H16FN5/c21-16-6-3-7-17(10-16)26-20-18(11-24-26)19(22-13-23-20)25-9-8-14-4-1-2-5-15(14)12-25/h1-7,10-11,13H,8-9,12H2. The van der Waals surface area contributed by atoms with Crippen molar-refractivity contribution in [3.05, 3.63) is 78.0 Å². The van der Waals surface area contributed by atoms with Crippen LogP contribution in [0.3, 0.4) is 0 Å². The molecule has 128 valence electrons. The fourth-order valence-electron chi connectivity index (χ4n) is 3.56. The average Bonchev–Trinajstić information content (AvgIpc) is 3.12. The van der Waals surface area contributed by atoms with Crippen molar-refractivity contribution in [2.24, 2.45) is 0 Å².